The van der Waals surface area contributed by atoms with Gasteiger partial charge in [0.1, 0.15) is 6.10 Å². The largest absolute Gasteiger partial charge is 0.539 e. The zero-order valence-electron chi connectivity index (χ0n) is 12.3. The van der Waals surface area contributed by atoms with E-state index in [1.807, 2.05) is 13.8 Å². The molecule has 0 saturated heterocycles. The third-order valence-electron chi connectivity index (χ3n) is 1.37. The molecule has 0 rings (SSSR count). The SMILES string of the molecule is CC(C)NC(=[NH+]C(C)C)OC(C)C.O=C([O-])C(=O)O. The standard InChI is InChI=1S/C10H22N2O.C2H2O4/c1-7(2)11-10(12-8(3)4)13-9(5)6;3-1(4)2(5)6/h7-9H,1-6H3,(H,11,12);(H,3,4)(H,5,6). The first-order chi connectivity index (χ1) is 8.56. The Morgan fingerprint density at radius 2 is 1.58 bits per heavy atom. The van der Waals surface area contributed by atoms with Crippen molar-refractivity contribution in [1.29, 1.82) is 0 Å². The van der Waals surface area contributed by atoms with Gasteiger partial charge in [-0.15, -0.1) is 0 Å². The highest BCUT2D eigenvalue weighted by molar-refractivity contribution is 6.26. The Bertz CT molecular complexity index is 287. The second-order valence-corrected chi connectivity index (χ2v) is 4.69. The number of carbonyl (C=O) groups excluding carboxylic acids is 1. The first-order valence-corrected chi connectivity index (χ1v) is 6.07. The molecule has 0 fully saturated rings. The number of carboxylic acids is 2. The highest BCUT2D eigenvalue weighted by atomic mass is 16.5. The number of rotatable bonds is 3. The van der Waals surface area contributed by atoms with Crippen LogP contribution in [-0.4, -0.2) is 41.3 Å². The summed E-state index contributed by atoms with van der Waals surface area (Å²) in [6.45, 7) is 12.4. The van der Waals surface area contributed by atoms with Crippen molar-refractivity contribution in [2.45, 2.75) is 59.7 Å². The number of ether oxygens (including phenoxy) is 1. The molecular weight excluding hydrogens is 252 g/mol. The van der Waals surface area contributed by atoms with Gasteiger partial charge in [0.05, 0.1) is 12.1 Å². The lowest BCUT2D eigenvalue weighted by Gasteiger charge is -2.11. The molecule has 0 bridgehead atoms. The summed E-state index contributed by atoms with van der Waals surface area (Å²) >= 11 is 0. The maximum absolute atomic E-state index is 9.04. The number of carboxylic acid groups (broad SMARTS) is 2. The van der Waals surface area contributed by atoms with E-state index in [2.05, 4.69) is 38.0 Å². The van der Waals surface area contributed by atoms with Crippen molar-refractivity contribution in [1.82, 2.24) is 5.32 Å². The molecule has 112 valence electrons. The van der Waals surface area contributed by atoms with E-state index in [9.17, 15) is 0 Å². The summed E-state index contributed by atoms with van der Waals surface area (Å²) in [6, 6.07) is 1.56. The van der Waals surface area contributed by atoms with Gasteiger partial charge in [0, 0.05) is 0 Å². The number of aliphatic carboxylic acids is 2. The van der Waals surface area contributed by atoms with Gasteiger partial charge >= 0.3 is 12.0 Å². The Morgan fingerprint density at radius 1 is 1.16 bits per heavy atom. The van der Waals surface area contributed by atoms with Crippen LogP contribution in [0.4, 0.5) is 0 Å². The highest BCUT2D eigenvalue weighted by Gasteiger charge is 2.12. The van der Waals surface area contributed by atoms with Gasteiger partial charge < -0.3 is 19.7 Å². The van der Waals surface area contributed by atoms with Gasteiger partial charge in [0.2, 0.25) is 0 Å². The summed E-state index contributed by atoms with van der Waals surface area (Å²) in [5, 5.41) is 19.5. The van der Waals surface area contributed by atoms with Crippen molar-refractivity contribution < 1.29 is 29.5 Å². The van der Waals surface area contributed by atoms with Crippen LogP contribution < -0.4 is 15.4 Å². The van der Waals surface area contributed by atoms with Crippen LogP contribution in [0.1, 0.15) is 41.5 Å². The molecule has 0 unspecified atom stereocenters. The van der Waals surface area contributed by atoms with Crippen molar-refractivity contribution in [3.8, 4) is 0 Å². The van der Waals surface area contributed by atoms with Crippen LogP contribution in [0.5, 0.6) is 0 Å². The fraction of sp³-hybridized carbons (Fsp3) is 0.750. The molecule has 7 heteroatoms. The van der Waals surface area contributed by atoms with Gasteiger partial charge in [0.15, 0.2) is 5.97 Å². The molecule has 19 heavy (non-hydrogen) atoms. The van der Waals surface area contributed by atoms with Crippen molar-refractivity contribution >= 4 is 18.0 Å². The first kappa shape index (κ1) is 19.5. The fourth-order valence-electron chi connectivity index (χ4n) is 0.870. The molecule has 0 spiro atoms. The Hall–Kier alpha value is -1.79. The predicted molar refractivity (Wildman–Crippen MR) is 68.2 cm³/mol. The lowest BCUT2D eigenvalue weighted by atomic mass is 10.4. The van der Waals surface area contributed by atoms with Crippen LogP contribution in [0.3, 0.4) is 0 Å². The van der Waals surface area contributed by atoms with E-state index in [-0.39, 0.29) is 6.10 Å². The summed E-state index contributed by atoms with van der Waals surface area (Å²) in [5.41, 5.74) is 0. The number of nitrogens with one attached hydrogen (secondary N) is 2. The molecule has 0 aromatic rings. The second kappa shape index (κ2) is 10.2. The monoisotopic (exact) mass is 276 g/mol. The molecule has 0 saturated carbocycles. The Kier molecular flexibility index (Phi) is 10.5. The van der Waals surface area contributed by atoms with Crippen LogP contribution in [-0.2, 0) is 14.3 Å². The Morgan fingerprint density at radius 3 is 1.79 bits per heavy atom. The molecule has 0 aliphatic rings. The van der Waals surface area contributed by atoms with E-state index in [0.29, 0.717) is 12.1 Å². The average Bonchev–Trinajstić information content (AvgIpc) is 2.14. The van der Waals surface area contributed by atoms with Gasteiger partial charge in [-0.1, -0.05) is 0 Å². The third-order valence-corrected chi connectivity index (χ3v) is 1.37. The van der Waals surface area contributed by atoms with E-state index in [1.54, 1.807) is 0 Å². The van der Waals surface area contributed by atoms with E-state index >= 15 is 0 Å². The van der Waals surface area contributed by atoms with Gasteiger partial charge in [-0.2, -0.15) is 0 Å². The summed E-state index contributed by atoms with van der Waals surface area (Å²) in [5.74, 6) is -4.01. The first-order valence-electron chi connectivity index (χ1n) is 6.07. The maximum Gasteiger partial charge on any atom is 0.442 e. The molecule has 0 heterocycles. The molecule has 0 aromatic carbocycles. The smallest absolute Gasteiger partial charge is 0.442 e. The number of amidine groups is 1. The summed E-state index contributed by atoms with van der Waals surface area (Å²) in [4.78, 5) is 21.3. The van der Waals surface area contributed by atoms with Crippen LogP contribution in [0.2, 0.25) is 0 Å². The number of hydrogen-bond acceptors (Lipinski definition) is 4. The van der Waals surface area contributed by atoms with E-state index in [0.717, 1.165) is 6.02 Å². The van der Waals surface area contributed by atoms with Gasteiger partial charge in [-0.3, -0.25) is 0 Å². The number of carbonyl (C=O) groups is 2. The van der Waals surface area contributed by atoms with Crippen molar-refractivity contribution in [2.75, 3.05) is 0 Å². The molecule has 0 aromatic heterocycles. The topological polar surface area (TPSA) is 113 Å². The fourth-order valence-corrected chi connectivity index (χ4v) is 0.870. The van der Waals surface area contributed by atoms with Crippen molar-refractivity contribution in [3.05, 3.63) is 0 Å². The lowest BCUT2D eigenvalue weighted by Crippen LogP contribution is -2.81. The van der Waals surface area contributed by atoms with Crippen LogP contribution in [0.25, 0.3) is 0 Å². The van der Waals surface area contributed by atoms with E-state index < -0.39 is 11.9 Å². The Balaban J connectivity index is 0. The normalized spacial score (nSPS) is 11.1. The van der Waals surface area contributed by atoms with Crippen molar-refractivity contribution in [3.63, 3.8) is 0 Å². The summed E-state index contributed by atoms with van der Waals surface area (Å²) in [7, 11) is 0. The summed E-state index contributed by atoms with van der Waals surface area (Å²) in [6.07, 6.45) is 0.201. The highest BCUT2D eigenvalue weighted by Crippen LogP contribution is 1.86. The molecule has 7 nitrogen and oxygen atoms in total. The summed E-state index contributed by atoms with van der Waals surface area (Å²) < 4.78 is 5.57. The average molecular weight is 276 g/mol. The molecule has 0 radical (unpaired) electrons. The predicted octanol–water partition coefficient (Wildman–Crippen LogP) is -1.92. The van der Waals surface area contributed by atoms with Gasteiger partial charge in [-0.25, -0.2) is 15.1 Å². The van der Waals surface area contributed by atoms with Crippen LogP contribution in [0, 0.1) is 0 Å². The minimum absolute atomic E-state index is 0.201. The van der Waals surface area contributed by atoms with E-state index in [4.69, 9.17) is 24.5 Å². The van der Waals surface area contributed by atoms with Gasteiger partial charge in [-0.05, 0) is 41.5 Å². The molecule has 0 aliphatic heterocycles. The van der Waals surface area contributed by atoms with Crippen LogP contribution in [0.15, 0.2) is 0 Å². The number of hydrogen-bond donors (Lipinski definition) is 3. The molecular formula is C12H24N2O5. The van der Waals surface area contributed by atoms with Gasteiger partial charge in [0.25, 0.3) is 0 Å². The van der Waals surface area contributed by atoms with Crippen molar-refractivity contribution in [2.24, 2.45) is 0 Å². The molecule has 0 aliphatic carbocycles. The zero-order valence-corrected chi connectivity index (χ0v) is 12.3. The Labute approximate surface area is 113 Å². The van der Waals surface area contributed by atoms with E-state index in [1.165, 1.54) is 0 Å². The minimum atomic E-state index is -2.07. The third kappa shape index (κ3) is 16.2. The lowest BCUT2D eigenvalue weighted by molar-refractivity contribution is -0.506. The van der Waals surface area contributed by atoms with Crippen LogP contribution >= 0.6 is 0 Å². The molecule has 0 amide bonds. The zero-order chi connectivity index (χ0) is 15.6. The quantitative estimate of drug-likeness (QED) is 0.314. The molecule has 3 N–H and O–H groups in total. The maximum atomic E-state index is 9.04. The minimum Gasteiger partial charge on any atom is -0.539 e. The molecule has 0 atom stereocenters. The second-order valence-electron chi connectivity index (χ2n) is 4.69.